The first-order valence-electron chi connectivity index (χ1n) is 6.85. The summed E-state index contributed by atoms with van der Waals surface area (Å²) in [6.07, 6.45) is 11.2. The fourth-order valence-electron chi connectivity index (χ4n) is 3.80. The van der Waals surface area contributed by atoms with Gasteiger partial charge in [-0.3, -0.25) is 0 Å². The third-order valence-electron chi connectivity index (χ3n) is 4.97. The van der Waals surface area contributed by atoms with E-state index >= 15 is 0 Å². The first kappa shape index (κ1) is 11.4. The summed E-state index contributed by atoms with van der Waals surface area (Å²) in [6.45, 7) is 4.95. The van der Waals surface area contributed by atoms with Gasteiger partial charge >= 0.3 is 0 Å². The van der Waals surface area contributed by atoms with E-state index in [2.05, 4.69) is 13.8 Å². The molecule has 15 heavy (non-hydrogen) atoms. The molecule has 0 bridgehead atoms. The molecule has 0 saturated heterocycles. The second-order valence-corrected chi connectivity index (χ2v) is 6.53. The van der Waals surface area contributed by atoms with Gasteiger partial charge < -0.3 is 5.73 Å². The molecule has 0 amide bonds. The molecule has 1 heteroatoms. The molecular weight excluding hydrogens is 182 g/mol. The molecule has 1 nitrogen and oxygen atoms in total. The van der Waals surface area contributed by atoms with Crippen molar-refractivity contribution in [2.45, 2.75) is 71.3 Å². The van der Waals surface area contributed by atoms with Crippen molar-refractivity contribution in [2.24, 2.45) is 23.0 Å². The Balaban J connectivity index is 1.91. The molecule has 2 fully saturated rings. The lowest BCUT2D eigenvalue weighted by atomic mass is 9.69. The van der Waals surface area contributed by atoms with Crippen molar-refractivity contribution in [3.05, 3.63) is 0 Å². The molecule has 2 rings (SSSR count). The Bertz CT molecular complexity index is 205. The largest absolute Gasteiger partial charge is 0.328 e. The Hall–Kier alpha value is -0.0400. The molecule has 2 N–H and O–H groups in total. The lowest BCUT2D eigenvalue weighted by Crippen LogP contribution is -2.34. The molecule has 3 atom stereocenters. The zero-order chi connectivity index (χ0) is 10.9. The van der Waals surface area contributed by atoms with E-state index < -0.39 is 0 Å². The van der Waals surface area contributed by atoms with Crippen LogP contribution in [-0.4, -0.2) is 6.04 Å². The van der Waals surface area contributed by atoms with Gasteiger partial charge in [0.15, 0.2) is 0 Å². The Morgan fingerprint density at radius 1 is 1.20 bits per heavy atom. The summed E-state index contributed by atoms with van der Waals surface area (Å²) in [5.74, 6) is 1.83. The minimum absolute atomic E-state index is 0.496. The highest BCUT2D eigenvalue weighted by molar-refractivity contribution is 4.88. The van der Waals surface area contributed by atoms with Crippen molar-refractivity contribution in [1.29, 1.82) is 0 Å². The maximum Gasteiger partial charge on any atom is 0.00416 e. The molecule has 2 aliphatic rings. The number of rotatable bonds is 2. The van der Waals surface area contributed by atoms with Crippen molar-refractivity contribution < 1.29 is 0 Å². The van der Waals surface area contributed by atoms with Crippen molar-refractivity contribution in [3.8, 4) is 0 Å². The quantitative estimate of drug-likeness (QED) is 0.737. The number of hydrogen-bond acceptors (Lipinski definition) is 1. The molecule has 0 spiro atoms. The van der Waals surface area contributed by atoms with E-state index in [4.69, 9.17) is 5.73 Å². The van der Waals surface area contributed by atoms with Crippen LogP contribution in [0.15, 0.2) is 0 Å². The van der Waals surface area contributed by atoms with Gasteiger partial charge in [-0.1, -0.05) is 26.7 Å². The molecular formula is C14H27N. The average Bonchev–Trinajstić information content (AvgIpc) is 2.59. The summed E-state index contributed by atoms with van der Waals surface area (Å²) >= 11 is 0. The zero-order valence-corrected chi connectivity index (χ0v) is 10.5. The van der Waals surface area contributed by atoms with Crippen LogP contribution in [0.1, 0.15) is 65.2 Å². The van der Waals surface area contributed by atoms with Crippen LogP contribution in [0.5, 0.6) is 0 Å². The molecule has 0 aromatic heterocycles. The van der Waals surface area contributed by atoms with Crippen LogP contribution in [0.3, 0.4) is 0 Å². The van der Waals surface area contributed by atoms with Gasteiger partial charge in [-0.25, -0.2) is 0 Å². The molecule has 0 radical (unpaired) electrons. The Morgan fingerprint density at radius 3 is 2.53 bits per heavy atom. The molecule has 0 heterocycles. The van der Waals surface area contributed by atoms with E-state index in [0.29, 0.717) is 11.5 Å². The van der Waals surface area contributed by atoms with Crippen molar-refractivity contribution in [3.63, 3.8) is 0 Å². The molecule has 0 aliphatic heterocycles. The fraction of sp³-hybridized carbons (Fsp3) is 1.00. The summed E-state index contributed by atoms with van der Waals surface area (Å²) in [5, 5.41) is 0. The highest BCUT2D eigenvalue weighted by Crippen LogP contribution is 2.46. The molecule has 2 aliphatic carbocycles. The third kappa shape index (κ3) is 2.75. The van der Waals surface area contributed by atoms with E-state index in [0.717, 1.165) is 11.8 Å². The first-order chi connectivity index (χ1) is 7.09. The van der Waals surface area contributed by atoms with Crippen molar-refractivity contribution >= 4 is 0 Å². The summed E-state index contributed by atoms with van der Waals surface area (Å²) in [4.78, 5) is 0. The normalized spacial score (nSPS) is 40.6. The lowest BCUT2D eigenvalue weighted by molar-refractivity contribution is 0.149. The first-order valence-corrected chi connectivity index (χ1v) is 6.85. The van der Waals surface area contributed by atoms with Gasteiger partial charge in [0.1, 0.15) is 0 Å². The topological polar surface area (TPSA) is 26.0 Å². The standard InChI is InChI=1S/C14H27N/c1-11-5-6-13(15)9-12(11)10-14(2)7-3-4-8-14/h11-13H,3-10,15H2,1-2H3. The van der Waals surface area contributed by atoms with Crippen LogP contribution < -0.4 is 5.73 Å². The van der Waals surface area contributed by atoms with E-state index in [1.54, 1.807) is 0 Å². The van der Waals surface area contributed by atoms with Crippen LogP contribution in [0, 0.1) is 17.3 Å². The zero-order valence-electron chi connectivity index (χ0n) is 10.5. The van der Waals surface area contributed by atoms with Crippen LogP contribution in [0.2, 0.25) is 0 Å². The predicted octanol–water partition coefficient (Wildman–Crippen LogP) is 3.72. The monoisotopic (exact) mass is 209 g/mol. The van der Waals surface area contributed by atoms with Crippen LogP contribution in [0.4, 0.5) is 0 Å². The predicted molar refractivity (Wildman–Crippen MR) is 65.7 cm³/mol. The smallest absolute Gasteiger partial charge is 0.00416 e. The fourth-order valence-corrected chi connectivity index (χ4v) is 3.80. The van der Waals surface area contributed by atoms with Gasteiger partial charge in [-0.15, -0.1) is 0 Å². The summed E-state index contributed by atoms with van der Waals surface area (Å²) in [7, 11) is 0. The van der Waals surface area contributed by atoms with Gasteiger partial charge in [-0.2, -0.15) is 0 Å². The number of nitrogens with two attached hydrogens (primary N) is 1. The lowest BCUT2D eigenvalue weighted by Gasteiger charge is -2.37. The maximum atomic E-state index is 6.10. The summed E-state index contributed by atoms with van der Waals surface area (Å²) < 4.78 is 0. The third-order valence-corrected chi connectivity index (χ3v) is 4.97. The van der Waals surface area contributed by atoms with Gasteiger partial charge in [0.05, 0.1) is 0 Å². The minimum Gasteiger partial charge on any atom is -0.328 e. The van der Waals surface area contributed by atoms with Crippen LogP contribution >= 0.6 is 0 Å². The van der Waals surface area contributed by atoms with Crippen LogP contribution in [-0.2, 0) is 0 Å². The Labute approximate surface area is 94.8 Å². The summed E-state index contributed by atoms with van der Waals surface area (Å²) in [5.41, 5.74) is 6.77. The van der Waals surface area contributed by atoms with E-state index in [1.807, 2.05) is 0 Å². The molecule has 0 aromatic carbocycles. The molecule has 0 aromatic rings. The molecule has 2 saturated carbocycles. The van der Waals surface area contributed by atoms with Gasteiger partial charge in [-0.05, 0) is 55.8 Å². The second-order valence-electron chi connectivity index (χ2n) is 6.53. The molecule has 88 valence electrons. The Kier molecular flexibility index (Phi) is 3.39. The van der Waals surface area contributed by atoms with Gasteiger partial charge in [0.2, 0.25) is 0 Å². The minimum atomic E-state index is 0.496. The van der Waals surface area contributed by atoms with Gasteiger partial charge in [0, 0.05) is 6.04 Å². The number of hydrogen-bond donors (Lipinski definition) is 1. The van der Waals surface area contributed by atoms with Crippen molar-refractivity contribution in [1.82, 2.24) is 0 Å². The maximum absolute atomic E-state index is 6.10. The average molecular weight is 209 g/mol. The van der Waals surface area contributed by atoms with E-state index in [9.17, 15) is 0 Å². The summed E-state index contributed by atoms with van der Waals surface area (Å²) in [6, 6.07) is 0.496. The van der Waals surface area contributed by atoms with E-state index in [-0.39, 0.29) is 0 Å². The Morgan fingerprint density at radius 2 is 1.87 bits per heavy atom. The highest BCUT2D eigenvalue weighted by atomic mass is 14.6. The van der Waals surface area contributed by atoms with E-state index in [1.165, 1.54) is 51.4 Å². The van der Waals surface area contributed by atoms with Crippen LogP contribution in [0.25, 0.3) is 0 Å². The highest BCUT2D eigenvalue weighted by Gasteiger charge is 2.35. The van der Waals surface area contributed by atoms with Crippen molar-refractivity contribution in [2.75, 3.05) is 0 Å². The SMILES string of the molecule is CC1CCC(N)CC1CC1(C)CCCC1. The second kappa shape index (κ2) is 4.45. The van der Waals surface area contributed by atoms with Gasteiger partial charge in [0.25, 0.3) is 0 Å². The molecule has 3 unspecified atom stereocenters.